The first-order valence-corrected chi connectivity index (χ1v) is 10.1. The summed E-state index contributed by atoms with van der Waals surface area (Å²) in [4.78, 5) is 36.0. The van der Waals surface area contributed by atoms with Crippen LogP contribution in [0.5, 0.6) is 0 Å². The fourth-order valence-electron chi connectivity index (χ4n) is 3.29. The van der Waals surface area contributed by atoms with Gasteiger partial charge in [-0.3, -0.25) is 14.6 Å². The molecule has 9 heteroatoms. The van der Waals surface area contributed by atoms with Gasteiger partial charge in [-0.05, 0) is 30.2 Å². The minimum absolute atomic E-state index is 0.208. The van der Waals surface area contributed by atoms with Gasteiger partial charge in [-0.25, -0.2) is 4.98 Å². The average molecular weight is 435 g/mol. The number of aromatic nitrogens is 3. The van der Waals surface area contributed by atoms with E-state index in [4.69, 9.17) is 4.74 Å². The lowest BCUT2D eigenvalue weighted by Crippen LogP contribution is -2.22. The molecule has 0 bridgehead atoms. The van der Waals surface area contributed by atoms with Crippen molar-refractivity contribution in [3.8, 4) is 0 Å². The van der Waals surface area contributed by atoms with Crippen LogP contribution in [-0.2, 0) is 16.1 Å². The summed E-state index contributed by atoms with van der Waals surface area (Å²) < 4.78 is 6.94. The maximum atomic E-state index is 13.0. The molecule has 0 saturated heterocycles. The van der Waals surface area contributed by atoms with E-state index in [-0.39, 0.29) is 11.5 Å². The first-order chi connectivity index (χ1) is 15.5. The third-order valence-corrected chi connectivity index (χ3v) is 4.69. The maximum Gasteiger partial charge on any atom is 0.276 e. The molecule has 0 aliphatic heterocycles. The first-order valence-electron chi connectivity index (χ1n) is 10.1. The number of benzene rings is 1. The van der Waals surface area contributed by atoms with Crippen LogP contribution >= 0.6 is 0 Å². The number of anilines is 2. The number of allylic oxidation sites excluding steroid dienone is 1. The zero-order valence-corrected chi connectivity index (χ0v) is 18.3. The molecule has 32 heavy (non-hydrogen) atoms. The van der Waals surface area contributed by atoms with E-state index in [1.807, 2.05) is 31.2 Å². The molecule has 0 fully saturated rings. The molecule has 0 saturated carbocycles. The van der Waals surface area contributed by atoms with Crippen LogP contribution < -0.4 is 16.2 Å². The highest BCUT2D eigenvalue weighted by Crippen LogP contribution is 2.21. The molecule has 166 valence electrons. The Morgan fingerprint density at radius 3 is 2.88 bits per heavy atom. The van der Waals surface area contributed by atoms with Gasteiger partial charge in [0.1, 0.15) is 11.0 Å². The second-order valence-corrected chi connectivity index (χ2v) is 6.88. The topological polar surface area (TPSA) is 113 Å². The minimum Gasteiger partial charge on any atom is -0.480 e. The molecular formula is C23H26N6O3. The summed E-state index contributed by atoms with van der Waals surface area (Å²) in [5.41, 5.74) is 3.48. The van der Waals surface area contributed by atoms with Crippen LogP contribution in [0.4, 0.5) is 11.4 Å². The number of imidazole rings is 1. The molecule has 2 heterocycles. The number of methoxy groups -OCH3 is 1. The second kappa shape index (κ2) is 10.3. The van der Waals surface area contributed by atoms with Gasteiger partial charge in [-0.2, -0.15) is 0 Å². The summed E-state index contributed by atoms with van der Waals surface area (Å²) in [5.74, 6) is 0.144. The molecule has 1 aromatic carbocycles. The number of aromatic amines is 1. The van der Waals surface area contributed by atoms with Crippen molar-refractivity contribution in [1.82, 2.24) is 14.5 Å². The summed E-state index contributed by atoms with van der Waals surface area (Å²) in [5, 5.41) is 6.03. The number of H-pyrrole nitrogens is 1. The maximum absolute atomic E-state index is 13.0. The summed E-state index contributed by atoms with van der Waals surface area (Å²) in [6, 6.07) is 7.29. The number of nitrogens with one attached hydrogen (secondary N) is 3. The highest BCUT2D eigenvalue weighted by molar-refractivity contribution is 5.99. The first kappa shape index (κ1) is 22.5. The van der Waals surface area contributed by atoms with Gasteiger partial charge in [0.15, 0.2) is 0 Å². The predicted molar refractivity (Wildman–Crippen MR) is 127 cm³/mol. The Hall–Kier alpha value is -4.14. The van der Waals surface area contributed by atoms with Crippen LogP contribution in [0.2, 0.25) is 0 Å². The molecule has 3 rings (SSSR count). The molecule has 0 spiro atoms. The van der Waals surface area contributed by atoms with Gasteiger partial charge in [0, 0.05) is 18.9 Å². The minimum atomic E-state index is -0.300. The van der Waals surface area contributed by atoms with Crippen molar-refractivity contribution in [3.63, 3.8) is 0 Å². The number of carbonyl (C=O) groups excluding carboxylic acids is 1. The van der Waals surface area contributed by atoms with Crippen LogP contribution in [-0.4, -0.2) is 40.5 Å². The van der Waals surface area contributed by atoms with Crippen molar-refractivity contribution in [2.45, 2.75) is 19.9 Å². The average Bonchev–Trinajstić information content (AvgIpc) is 3.28. The number of amides is 1. The summed E-state index contributed by atoms with van der Waals surface area (Å²) in [7, 11) is 3.20. The van der Waals surface area contributed by atoms with Crippen LogP contribution in [0, 0.1) is 0 Å². The number of hydrogen-bond donors (Lipinski definition) is 3. The molecule has 9 nitrogen and oxygen atoms in total. The standard InChI is InChI=1S/C23H26N6O3/c1-5-8-17(22(24-3)32-4)28-18-13-29(23(31)21-20(18)25-14-26-21)12-15-9-7-10-16(11-15)27-19(30)6-2/h6-11,13-14,28H,2,5,12H2,1,3-4H3,(H,25,26)(H,27,30)/b17-8+,24-22?. The fraction of sp³-hybridized carbons (Fsp3) is 0.217. The van der Waals surface area contributed by atoms with Gasteiger partial charge >= 0.3 is 0 Å². The lowest BCUT2D eigenvalue weighted by atomic mass is 10.2. The fourth-order valence-corrected chi connectivity index (χ4v) is 3.29. The van der Waals surface area contributed by atoms with Crippen molar-refractivity contribution in [1.29, 1.82) is 0 Å². The van der Waals surface area contributed by atoms with Crippen molar-refractivity contribution in [3.05, 3.63) is 77.1 Å². The van der Waals surface area contributed by atoms with Crippen molar-refractivity contribution in [2.75, 3.05) is 24.8 Å². The summed E-state index contributed by atoms with van der Waals surface area (Å²) in [6.45, 7) is 5.76. The third kappa shape index (κ3) is 4.94. The summed E-state index contributed by atoms with van der Waals surface area (Å²) >= 11 is 0. The molecule has 3 N–H and O–H groups in total. The van der Waals surface area contributed by atoms with Gasteiger partial charge < -0.3 is 24.9 Å². The van der Waals surface area contributed by atoms with Gasteiger partial charge in [0.2, 0.25) is 11.8 Å². The largest absolute Gasteiger partial charge is 0.480 e. The molecule has 0 aliphatic carbocycles. The number of fused-ring (bicyclic) bond motifs is 1. The van der Waals surface area contributed by atoms with Crippen LogP contribution in [0.15, 0.2) is 71.0 Å². The smallest absolute Gasteiger partial charge is 0.276 e. The van der Waals surface area contributed by atoms with Crippen LogP contribution in [0.25, 0.3) is 11.0 Å². The Morgan fingerprint density at radius 2 is 2.19 bits per heavy atom. The van der Waals surface area contributed by atoms with Crippen molar-refractivity contribution in [2.24, 2.45) is 4.99 Å². The van der Waals surface area contributed by atoms with E-state index in [2.05, 4.69) is 32.2 Å². The van der Waals surface area contributed by atoms with E-state index in [0.717, 1.165) is 12.0 Å². The van der Waals surface area contributed by atoms with Gasteiger partial charge in [-0.15, -0.1) is 0 Å². The molecular weight excluding hydrogens is 408 g/mol. The van der Waals surface area contributed by atoms with E-state index in [1.165, 1.54) is 12.4 Å². The highest BCUT2D eigenvalue weighted by atomic mass is 16.5. The molecule has 0 aliphatic rings. The molecule has 2 aromatic heterocycles. The van der Waals surface area contributed by atoms with E-state index >= 15 is 0 Å². The van der Waals surface area contributed by atoms with Crippen LogP contribution in [0.1, 0.15) is 18.9 Å². The molecule has 0 atom stereocenters. The predicted octanol–water partition coefficient (Wildman–Crippen LogP) is 3.28. The Bertz CT molecular complexity index is 1250. The number of pyridine rings is 1. The molecule has 0 unspecified atom stereocenters. The zero-order valence-electron chi connectivity index (χ0n) is 18.3. The van der Waals surface area contributed by atoms with E-state index in [9.17, 15) is 9.59 Å². The monoisotopic (exact) mass is 434 g/mol. The van der Waals surface area contributed by atoms with Gasteiger partial charge in [-0.1, -0.05) is 31.7 Å². The SMILES string of the molecule is C=CC(=O)Nc1cccc(Cn2cc(N/C(=C/CC)C(=NC)OC)c3nc[nH]c3c2=O)c1. The second-order valence-electron chi connectivity index (χ2n) is 6.88. The third-order valence-electron chi connectivity index (χ3n) is 4.69. The number of hydrogen-bond acceptors (Lipinski definition) is 6. The van der Waals surface area contributed by atoms with E-state index in [1.54, 1.807) is 31.0 Å². The van der Waals surface area contributed by atoms with E-state index < -0.39 is 0 Å². The van der Waals surface area contributed by atoms with Crippen molar-refractivity contribution >= 4 is 34.2 Å². The molecule has 1 amide bonds. The molecule has 0 radical (unpaired) electrons. The highest BCUT2D eigenvalue weighted by Gasteiger charge is 2.15. The van der Waals surface area contributed by atoms with Crippen molar-refractivity contribution < 1.29 is 9.53 Å². The number of nitrogens with zero attached hydrogens (tertiary/aromatic N) is 3. The number of carbonyl (C=O) groups is 1. The lowest BCUT2D eigenvalue weighted by Gasteiger charge is -2.15. The number of aliphatic imine (C=N–C) groups is 1. The normalized spacial score (nSPS) is 12.0. The van der Waals surface area contributed by atoms with Gasteiger partial charge in [0.05, 0.1) is 31.4 Å². The Morgan fingerprint density at radius 1 is 1.38 bits per heavy atom. The Balaban J connectivity index is 2.01. The Labute approximate surface area is 185 Å². The number of rotatable bonds is 8. The Kier molecular flexibility index (Phi) is 7.22. The van der Waals surface area contributed by atoms with Gasteiger partial charge in [0.25, 0.3) is 5.56 Å². The summed E-state index contributed by atoms with van der Waals surface area (Å²) in [6.07, 6.45) is 7.12. The zero-order chi connectivity index (χ0) is 23.1. The quantitative estimate of drug-likeness (QED) is 0.286. The molecule has 3 aromatic rings. The lowest BCUT2D eigenvalue weighted by molar-refractivity contribution is -0.111. The van der Waals surface area contributed by atoms with E-state index in [0.29, 0.717) is 40.5 Å². The number of ether oxygens (including phenoxy) is 1. The van der Waals surface area contributed by atoms with Crippen LogP contribution in [0.3, 0.4) is 0 Å².